The molecule has 0 aromatic carbocycles. The van der Waals surface area contributed by atoms with Gasteiger partial charge in [-0.25, -0.2) is 0 Å². The predicted octanol–water partition coefficient (Wildman–Crippen LogP) is -0.859. The van der Waals surface area contributed by atoms with E-state index >= 15 is 0 Å². The number of rotatable bonds is 2. The molecule has 0 unspecified atom stereocenters. The molecule has 0 aromatic heterocycles. The number of ether oxygens (including phenoxy) is 1. The molecule has 5 heteroatoms. The van der Waals surface area contributed by atoms with Crippen molar-refractivity contribution in [2.45, 2.75) is 25.0 Å². The van der Waals surface area contributed by atoms with Gasteiger partial charge in [0.1, 0.15) is 0 Å². The Morgan fingerprint density at radius 3 is 2.20 bits per heavy atom. The smallest absolute Gasteiger partial charge is 0.235 e. The molecule has 15 heavy (non-hydrogen) atoms. The summed E-state index contributed by atoms with van der Waals surface area (Å²) in [4.78, 5) is 25.0. The predicted molar refractivity (Wildman–Crippen MR) is 48.7 cm³/mol. The summed E-state index contributed by atoms with van der Waals surface area (Å²) in [5, 5.41) is 8.80. The van der Waals surface area contributed by atoms with E-state index < -0.39 is 0 Å². The zero-order valence-corrected chi connectivity index (χ0v) is 8.26. The summed E-state index contributed by atoms with van der Waals surface area (Å²) in [7, 11) is 0. The molecule has 4 atom stereocenters. The molecule has 0 saturated carbocycles. The first-order valence-electron chi connectivity index (χ1n) is 5.35. The van der Waals surface area contributed by atoms with Gasteiger partial charge in [-0.15, -0.1) is 0 Å². The van der Waals surface area contributed by atoms with Gasteiger partial charge in [-0.1, -0.05) is 0 Å². The summed E-state index contributed by atoms with van der Waals surface area (Å²) in [6.45, 7) is -0.0305. The van der Waals surface area contributed by atoms with Gasteiger partial charge in [-0.05, 0) is 12.8 Å². The molecule has 3 heterocycles. The van der Waals surface area contributed by atoms with Crippen molar-refractivity contribution < 1.29 is 19.4 Å². The van der Waals surface area contributed by atoms with Crippen LogP contribution in [0.1, 0.15) is 12.8 Å². The Hall–Kier alpha value is -0.940. The fourth-order valence-corrected chi connectivity index (χ4v) is 3.09. The van der Waals surface area contributed by atoms with Crippen LogP contribution < -0.4 is 0 Å². The Morgan fingerprint density at radius 2 is 1.73 bits per heavy atom. The maximum atomic E-state index is 11.9. The minimum atomic E-state index is -0.261. The summed E-state index contributed by atoms with van der Waals surface area (Å²) in [5.74, 6) is -0.817. The molecular formula is C10H13NO4. The van der Waals surface area contributed by atoms with Crippen LogP contribution in [0.15, 0.2) is 0 Å². The standard InChI is InChI=1S/C10H13NO4/c12-4-3-11-9(13)7-5-1-2-6(15-5)8(7)10(11)14/h5-8,12H,1-4H2/t5-,6-,7-,8+/m1/s1. The van der Waals surface area contributed by atoms with E-state index in [1.54, 1.807) is 0 Å². The molecule has 5 nitrogen and oxygen atoms in total. The van der Waals surface area contributed by atoms with Crippen molar-refractivity contribution in [2.75, 3.05) is 13.2 Å². The lowest BCUT2D eigenvalue weighted by molar-refractivity contribution is -0.143. The van der Waals surface area contributed by atoms with Crippen LogP contribution in [0.3, 0.4) is 0 Å². The molecule has 3 aliphatic rings. The van der Waals surface area contributed by atoms with Gasteiger partial charge in [-0.2, -0.15) is 0 Å². The number of carbonyl (C=O) groups excluding carboxylic acids is 2. The van der Waals surface area contributed by atoms with Crippen LogP contribution in [-0.4, -0.2) is 47.2 Å². The molecule has 1 N–H and O–H groups in total. The lowest BCUT2D eigenvalue weighted by atomic mass is 9.81. The summed E-state index contributed by atoms with van der Waals surface area (Å²) in [6, 6.07) is 0. The Kier molecular flexibility index (Phi) is 1.87. The quantitative estimate of drug-likeness (QED) is 0.604. The van der Waals surface area contributed by atoms with E-state index in [2.05, 4.69) is 0 Å². The van der Waals surface area contributed by atoms with E-state index in [0.717, 1.165) is 12.8 Å². The highest BCUT2D eigenvalue weighted by Crippen LogP contribution is 2.48. The van der Waals surface area contributed by atoms with Gasteiger partial charge in [0.25, 0.3) is 0 Å². The first-order chi connectivity index (χ1) is 7.24. The number of β-amino-alcohol motifs (C(OH)–C–C–N with tert-alkyl or cyclic N) is 1. The number of nitrogens with zero attached hydrogens (tertiary/aromatic N) is 1. The van der Waals surface area contributed by atoms with Crippen molar-refractivity contribution in [1.29, 1.82) is 0 Å². The number of fused-ring (bicyclic) bond motifs is 5. The van der Waals surface area contributed by atoms with Crippen molar-refractivity contribution in [3.8, 4) is 0 Å². The second-order valence-corrected chi connectivity index (χ2v) is 4.39. The van der Waals surface area contributed by atoms with Crippen molar-refractivity contribution in [3.05, 3.63) is 0 Å². The minimum Gasteiger partial charge on any atom is -0.395 e. The third-order valence-corrected chi connectivity index (χ3v) is 3.70. The normalized spacial score (nSPS) is 42.9. The summed E-state index contributed by atoms with van der Waals surface area (Å²) in [5.41, 5.74) is 0. The second-order valence-electron chi connectivity index (χ2n) is 4.39. The monoisotopic (exact) mass is 211 g/mol. The van der Waals surface area contributed by atoms with Crippen molar-refractivity contribution in [1.82, 2.24) is 4.90 Å². The largest absolute Gasteiger partial charge is 0.395 e. The number of hydrogen-bond donors (Lipinski definition) is 1. The van der Waals surface area contributed by atoms with E-state index in [1.807, 2.05) is 0 Å². The first kappa shape index (κ1) is 9.30. The third-order valence-electron chi connectivity index (χ3n) is 3.70. The maximum Gasteiger partial charge on any atom is 0.235 e. The van der Waals surface area contributed by atoms with E-state index in [0.29, 0.717) is 0 Å². The van der Waals surface area contributed by atoms with Crippen LogP contribution in [-0.2, 0) is 14.3 Å². The zero-order chi connectivity index (χ0) is 10.6. The molecule has 3 saturated heterocycles. The SMILES string of the molecule is O=C1[C@@H]2[C@H](C(=O)N1CCO)[C@H]1CC[C@H]2O1. The summed E-state index contributed by atoms with van der Waals surface area (Å²) < 4.78 is 5.58. The molecule has 82 valence electrons. The Balaban J connectivity index is 1.90. The Labute approximate surface area is 87.0 Å². The second kappa shape index (κ2) is 3.02. The molecule has 0 aromatic rings. The summed E-state index contributed by atoms with van der Waals surface area (Å²) in [6.07, 6.45) is 1.66. The van der Waals surface area contributed by atoms with E-state index in [-0.39, 0.29) is 49.0 Å². The molecule has 2 amide bonds. The van der Waals surface area contributed by atoms with Gasteiger partial charge in [-0.3, -0.25) is 14.5 Å². The molecule has 3 aliphatic heterocycles. The van der Waals surface area contributed by atoms with Crippen LogP contribution in [0.25, 0.3) is 0 Å². The molecule has 0 spiro atoms. The fraction of sp³-hybridized carbons (Fsp3) is 0.800. The van der Waals surface area contributed by atoms with Gasteiger partial charge in [0.2, 0.25) is 11.8 Å². The number of amides is 2. The van der Waals surface area contributed by atoms with Gasteiger partial charge in [0.05, 0.1) is 37.2 Å². The number of likely N-dealkylation sites (tertiary alicyclic amines) is 1. The van der Waals surface area contributed by atoms with Crippen LogP contribution in [0, 0.1) is 11.8 Å². The number of aliphatic hydroxyl groups excluding tert-OH is 1. The van der Waals surface area contributed by atoms with E-state index in [9.17, 15) is 9.59 Å². The van der Waals surface area contributed by atoms with Crippen molar-refractivity contribution >= 4 is 11.8 Å². The van der Waals surface area contributed by atoms with Crippen LogP contribution >= 0.6 is 0 Å². The number of imide groups is 1. The Morgan fingerprint density at radius 1 is 1.20 bits per heavy atom. The highest BCUT2D eigenvalue weighted by atomic mass is 16.5. The zero-order valence-electron chi connectivity index (χ0n) is 8.26. The van der Waals surface area contributed by atoms with Crippen molar-refractivity contribution in [3.63, 3.8) is 0 Å². The number of carbonyl (C=O) groups is 2. The minimum absolute atomic E-state index is 0.0554. The topological polar surface area (TPSA) is 66.8 Å². The average molecular weight is 211 g/mol. The third kappa shape index (κ3) is 1.05. The van der Waals surface area contributed by atoms with E-state index in [4.69, 9.17) is 9.84 Å². The highest BCUT2D eigenvalue weighted by Gasteiger charge is 2.62. The van der Waals surface area contributed by atoms with Crippen molar-refractivity contribution in [2.24, 2.45) is 11.8 Å². The highest BCUT2D eigenvalue weighted by molar-refractivity contribution is 6.06. The van der Waals surface area contributed by atoms with Gasteiger partial charge in [0.15, 0.2) is 0 Å². The maximum absolute atomic E-state index is 11.9. The van der Waals surface area contributed by atoms with Gasteiger partial charge >= 0.3 is 0 Å². The first-order valence-corrected chi connectivity index (χ1v) is 5.35. The molecular weight excluding hydrogens is 198 g/mol. The molecule has 0 radical (unpaired) electrons. The van der Waals surface area contributed by atoms with Gasteiger partial charge < -0.3 is 9.84 Å². The molecule has 3 fully saturated rings. The lowest BCUT2D eigenvalue weighted by Crippen LogP contribution is -2.36. The average Bonchev–Trinajstić information content (AvgIpc) is 2.87. The van der Waals surface area contributed by atoms with Crippen LogP contribution in [0.2, 0.25) is 0 Å². The van der Waals surface area contributed by atoms with Crippen LogP contribution in [0.5, 0.6) is 0 Å². The lowest BCUT2D eigenvalue weighted by Gasteiger charge is -2.15. The molecule has 3 rings (SSSR count). The summed E-state index contributed by atoms with van der Waals surface area (Å²) >= 11 is 0. The number of hydrogen-bond acceptors (Lipinski definition) is 4. The van der Waals surface area contributed by atoms with Crippen LogP contribution in [0.4, 0.5) is 0 Å². The molecule has 2 bridgehead atoms. The molecule has 0 aliphatic carbocycles. The number of aliphatic hydroxyl groups is 1. The van der Waals surface area contributed by atoms with E-state index in [1.165, 1.54) is 4.90 Å². The Bertz CT molecular complexity index is 301. The van der Waals surface area contributed by atoms with Gasteiger partial charge in [0, 0.05) is 0 Å². The fourth-order valence-electron chi connectivity index (χ4n) is 3.09.